The number of hydrogen-bond donors (Lipinski definition) is 3. The minimum absolute atomic E-state index is 0.0864. The Morgan fingerprint density at radius 2 is 1.85 bits per heavy atom. The molecule has 4 amide bonds. The second-order valence-corrected chi connectivity index (χ2v) is 13.8. The van der Waals surface area contributed by atoms with Gasteiger partial charge in [0.25, 0.3) is 11.8 Å². The number of fused-ring (bicyclic) bond motifs is 2. The maximum Gasteiger partial charge on any atom is 0.321 e. The Hall–Kier alpha value is -5.74. The van der Waals surface area contributed by atoms with Gasteiger partial charge in [0.1, 0.15) is 23.2 Å². The molecule has 1 fully saturated rings. The summed E-state index contributed by atoms with van der Waals surface area (Å²) in [5.41, 5.74) is 0.153. The number of hydrogen-bond acceptors (Lipinski definition) is 11. The number of benzene rings is 1. The average Bonchev–Trinajstić information content (AvgIpc) is 3.55. The summed E-state index contributed by atoms with van der Waals surface area (Å²) in [6.45, 7) is 8.66. The Morgan fingerprint density at radius 3 is 2.58 bits per heavy atom. The zero-order chi connectivity index (χ0) is 37.0. The quantitative estimate of drug-likeness (QED) is 0.162. The van der Waals surface area contributed by atoms with Crippen LogP contribution >= 0.6 is 0 Å². The number of rotatable bonds is 10. The van der Waals surface area contributed by atoms with Crippen LogP contribution < -0.4 is 20.7 Å². The fourth-order valence-electron chi connectivity index (χ4n) is 5.84. The third-order valence-electron chi connectivity index (χ3n) is 8.66. The third kappa shape index (κ3) is 7.77. The SMILES string of the molecule is CN(C)CCNC(=O)c1nc(NC(=O)N[C@@]2(C=O)C=C[C@@H](Oc3ccc4nnc(C(=O)N5CCOCC5)n4c3)c3ccccc32)cc(C(C)(C)C)n1. The Labute approximate surface area is 300 Å². The van der Waals surface area contributed by atoms with Crippen molar-refractivity contribution in [2.24, 2.45) is 0 Å². The molecule has 0 radical (unpaired) electrons. The van der Waals surface area contributed by atoms with Crippen molar-refractivity contribution < 1.29 is 28.7 Å². The Bertz CT molecular complexity index is 2020. The van der Waals surface area contributed by atoms with E-state index in [4.69, 9.17) is 9.47 Å². The molecule has 1 saturated heterocycles. The highest BCUT2D eigenvalue weighted by atomic mass is 16.5. The summed E-state index contributed by atoms with van der Waals surface area (Å²) in [6.07, 6.45) is 4.91. The van der Waals surface area contributed by atoms with Gasteiger partial charge in [0.2, 0.25) is 11.6 Å². The minimum atomic E-state index is -1.55. The summed E-state index contributed by atoms with van der Waals surface area (Å²) >= 11 is 0. The Morgan fingerprint density at radius 1 is 1.08 bits per heavy atom. The van der Waals surface area contributed by atoms with Crippen LogP contribution in [0.25, 0.3) is 5.65 Å². The molecule has 4 aromatic rings. The fraction of sp³-hybridized carbons (Fsp3) is 0.389. The van der Waals surface area contributed by atoms with Crippen LogP contribution in [0, 0.1) is 0 Å². The highest BCUT2D eigenvalue weighted by molar-refractivity contribution is 5.94. The van der Waals surface area contributed by atoms with Gasteiger partial charge in [-0.2, -0.15) is 0 Å². The van der Waals surface area contributed by atoms with Crippen LogP contribution in [-0.4, -0.2) is 112 Å². The number of anilines is 1. The van der Waals surface area contributed by atoms with E-state index in [0.717, 1.165) is 0 Å². The highest BCUT2D eigenvalue weighted by Gasteiger charge is 2.38. The van der Waals surface area contributed by atoms with E-state index in [-0.39, 0.29) is 23.4 Å². The highest BCUT2D eigenvalue weighted by Crippen LogP contribution is 2.37. The van der Waals surface area contributed by atoms with Gasteiger partial charge in [0.05, 0.1) is 25.1 Å². The third-order valence-corrected chi connectivity index (χ3v) is 8.66. The van der Waals surface area contributed by atoms with Crippen molar-refractivity contribution in [2.75, 3.05) is 58.8 Å². The van der Waals surface area contributed by atoms with E-state index in [1.54, 1.807) is 58.0 Å². The standard InChI is InChI=1S/C36H42N10O6/c1-35(2,3)27-20-28(39-30(38-27)32(48)37-14-15-44(4)5)40-34(50)41-36(22-47)13-12-26(24-8-6-7-9-25(24)36)52-23-10-11-29-42-43-31(46(29)21-23)33(49)45-16-18-51-19-17-45/h6-13,20-22,26H,14-19H2,1-5H3,(H,37,48)(H2,38,39,40,41,50)/t26-,36-/m1/s1. The van der Waals surface area contributed by atoms with Crippen molar-refractivity contribution in [3.63, 3.8) is 0 Å². The molecular weight excluding hydrogens is 668 g/mol. The number of aromatic nitrogens is 5. The lowest BCUT2D eigenvalue weighted by molar-refractivity contribution is -0.111. The van der Waals surface area contributed by atoms with E-state index < -0.39 is 29.0 Å². The lowest BCUT2D eigenvalue weighted by Gasteiger charge is -2.34. The first-order chi connectivity index (χ1) is 24.9. The number of nitrogens with zero attached hydrogens (tertiary/aromatic N) is 7. The lowest BCUT2D eigenvalue weighted by atomic mass is 9.81. The van der Waals surface area contributed by atoms with Gasteiger partial charge in [0.15, 0.2) is 11.9 Å². The molecule has 6 rings (SSSR count). The van der Waals surface area contributed by atoms with Gasteiger partial charge in [-0.05, 0) is 43.9 Å². The molecule has 0 spiro atoms. The van der Waals surface area contributed by atoms with E-state index in [0.29, 0.717) is 73.9 Å². The molecule has 1 aliphatic heterocycles. The predicted octanol–water partition coefficient (Wildman–Crippen LogP) is 2.49. The molecule has 0 saturated carbocycles. The van der Waals surface area contributed by atoms with Gasteiger partial charge in [-0.1, -0.05) is 45.0 Å². The van der Waals surface area contributed by atoms with Gasteiger partial charge in [-0.25, -0.2) is 14.8 Å². The van der Waals surface area contributed by atoms with E-state index in [2.05, 4.69) is 36.1 Å². The van der Waals surface area contributed by atoms with Crippen molar-refractivity contribution >= 4 is 35.6 Å². The van der Waals surface area contributed by atoms with Gasteiger partial charge in [-0.3, -0.25) is 24.1 Å². The van der Waals surface area contributed by atoms with E-state index in [1.807, 2.05) is 51.9 Å². The summed E-state index contributed by atoms with van der Waals surface area (Å²) in [6, 6.07) is 11.4. The zero-order valence-corrected chi connectivity index (χ0v) is 29.8. The molecule has 1 aliphatic carbocycles. The fourth-order valence-corrected chi connectivity index (χ4v) is 5.84. The Kier molecular flexibility index (Phi) is 10.3. The first-order valence-corrected chi connectivity index (χ1v) is 16.9. The van der Waals surface area contributed by atoms with E-state index in [9.17, 15) is 19.2 Å². The van der Waals surface area contributed by atoms with Crippen LogP contribution in [0.2, 0.25) is 0 Å². The van der Waals surface area contributed by atoms with Gasteiger partial charge in [-0.15, -0.1) is 10.2 Å². The number of urea groups is 1. The molecule has 2 aliphatic rings. The van der Waals surface area contributed by atoms with Crippen LogP contribution in [0.3, 0.4) is 0 Å². The molecule has 3 N–H and O–H groups in total. The average molecular weight is 711 g/mol. The van der Waals surface area contributed by atoms with Gasteiger partial charge in [0, 0.05) is 43.2 Å². The molecule has 4 heterocycles. The second kappa shape index (κ2) is 14.9. The number of nitrogens with one attached hydrogen (secondary N) is 3. The molecule has 1 aromatic carbocycles. The topological polar surface area (TPSA) is 185 Å². The lowest BCUT2D eigenvalue weighted by Crippen LogP contribution is -2.49. The molecule has 3 aromatic heterocycles. The second-order valence-electron chi connectivity index (χ2n) is 13.8. The number of aldehydes is 1. The van der Waals surface area contributed by atoms with Crippen LogP contribution in [0.15, 0.2) is 60.8 Å². The molecule has 0 unspecified atom stereocenters. The number of ether oxygens (including phenoxy) is 2. The summed E-state index contributed by atoms with van der Waals surface area (Å²) < 4.78 is 13.3. The molecule has 272 valence electrons. The van der Waals surface area contributed by atoms with Crippen molar-refractivity contribution in [3.8, 4) is 5.75 Å². The van der Waals surface area contributed by atoms with Crippen molar-refractivity contribution in [1.29, 1.82) is 0 Å². The summed E-state index contributed by atoms with van der Waals surface area (Å²) in [5, 5.41) is 16.6. The number of amides is 4. The largest absolute Gasteiger partial charge is 0.480 e. The summed E-state index contributed by atoms with van der Waals surface area (Å²) in [5.74, 6) is -0.131. The van der Waals surface area contributed by atoms with Crippen LogP contribution in [0.4, 0.5) is 10.6 Å². The molecule has 16 heteroatoms. The monoisotopic (exact) mass is 710 g/mol. The van der Waals surface area contributed by atoms with Crippen LogP contribution in [0.1, 0.15) is 64.9 Å². The molecule has 16 nitrogen and oxygen atoms in total. The first-order valence-electron chi connectivity index (χ1n) is 16.9. The molecular formula is C36H42N10O6. The zero-order valence-electron chi connectivity index (χ0n) is 29.8. The molecule has 52 heavy (non-hydrogen) atoms. The van der Waals surface area contributed by atoms with Crippen LogP contribution in [0.5, 0.6) is 5.75 Å². The number of carbonyl (C=O) groups is 4. The minimum Gasteiger partial charge on any atom is -0.480 e. The maximum atomic E-state index is 13.6. The van der Waals surface area contributed by atoms with Gasteiger partial charge < -0.3 is 29.9 Å². The number of likely N-dealkylation sites (N-methyl/N-ethyl adjacent to an activating group) is 1. The summed E-state index contributed by atoms with van der Waals surface area (Å²) in [7, 11) is 3.80. The normalized spacial score (nSPS) is 18.5. The number of carbonyl (C=O) groups excluding carboxylic acids is 4. The Balaban J connectivity index is 1.22. The molecule has 0 bridgehead atoms. The van der Waals surface area contributed by atoms with Crippen molar-refractivity contribution in [3.05, 3.63) is 89.3 Å². The maximum absolute atomic E-state index is 13.6. The van der Waals surface area contributed by atoms with Crippen molar-refractivity contribution in [2.45, 2.75) is 37.8 Å². The smallest absolute Gasteiger partial charge is 0.321 e. The van der Waals surface area contributed by atoms with E-state index in [1.165, 1.54) is 0 Å². The number of morpholine rings is 1. The predicted molar refractivity (Wildman–Crippen MR) is 190 cm³/mol. The van der Waals surface area contributed by atoms with E-state index >= 15 is 0 Å². The first kappa shape index (κ1) is 36.1. The number of pyridine rings is 1. The van der Waals surface area contributed by atoms with Gasteiger partial charge >= 0.3 is 6.03 Å². The molecule has 2 atom stereocenters. The van der Waals surface area contributed by atoms with Crippen molar-refractivity contribution in [1.82, 2.24) is 45.0 Å². The summed E-state index contributed by atoms with van der Waals surface area (Å²) in [4.78, 5) is 64.9. The van der Waals surface area contributed by atoms with Crippen LogP contribution in [-0.2, 0) is 20.5 Å².